The van der Waals surface area contributed by atoms with Gasteiger partial charge in [-0.1, -0.05) is 19.1 Å². The van der Waals surface area contributed by atoms with Crippen LogP contribution in [0.15, 0.2) is 12.2 Å². The summed E-state index contributed by atoms with van der Waals surface area (Å²) in [6.07, 6.45) is 4.63. The molecule has 3 amide bonds. The first kappa shape index (κ1) is 20.4. The molecular weight excluding hydrogens is 334 g/mol. The summed E-state index contributed by atoms with van der Waals surface area (Å²) in [6.45, 7) is 7.21. The number of carbonyl (C=O) groups excluding carboxylic acids is 3. The number of amides is 3. The van der Waals surface area contributed by atoms with Gasteiger partial charge in [0.1, 0.15) is 6.04 Å². The van der Waals surface area contributed by atoms with E-state index in [1.807, 2.05) is 32.9 Å². The molecule has 7 heteroatoms. The second-order valence-corrected chi connectivity index (χ2v) is 7.59. The summed E-state index contributed by atoms with van der Waals surface area (Å²) in [6, 6.07) is -1.26. The number of rotatable bonds is 6. The molecule has 3 N–H and O–H groups in total. The predicted octanol–water partition coefficient (Wildman–Crippen LogP) is 0.293. The third-order valence-corrected chi connectivity index (χ3v) is 5.51. The Bertz CT molecular complexity index is 589. The highest BCUT2D eigenvalue weighted by atomic mass is 16.3. The first-order valence-electron chi connectivity index (χ1n) is 9.41. The van der Waals surface area contributed by atoms with E-state index in [9.17, 15) is 19.5 Å². The van der Waals surface area contributed by atoms with Gasteiger partial charge in [0.2, 0.25) is 17.7 Å². The van der Waals surface area contributed by atoms with Crippen molar-refractivity contribution in [3.05, 3.63) is 12.2 Å². The molecule has 6 atom stereocenters. The minimum Gasteiger partial charge on any atom is -0.394 e. The number of hydrogen-bond acceptors (Lipinski definition) is 4. The van der Waals surface area contributed by atoms with Gasteiger partial charge >= 0.3 is 0 Å². The Balaban J connectivity index is 2.49. The highest BCUT2D eigenvalue weighted by Crippen LogP contribution is 2.45. The standard InChI is InChI=1S/C19H31N3O4/c1-6-12-7-8-13-15(14(12)17(24)20-5)19(26)22(11(4)9-23)16(13)18(25)21-10(2)3/h7-8,10-16,23H,6,9H2,1-5H3,(H,20,24)(H,21,25)/t11-,12-,13+,14-,15+,16+/m1/s1. The second kappa shape index (κ2) is 8.20. The number of nitrogens with zero attached hydrogens (tertiary/aromatic N) is 1. The molecule has 0 saturated carbocycles. The number of fused-ring (bicyclic) bond motifs is 1. The molecule has 0 spiro atoms. The summed E-state index contributed by atoms with van der Waals surface area (Å²) in [5.41, 5.74) is 0. The van der Waals surface area contributed by atoms with Crippen LogP contribution in [0, 0.1) is 23.7 Å². The van der Waals surface area contributed by atoms with Crippen molar-refractivity contribution in [2.75, 3.05) is 13.7 Å². The average Bonchev–Trinajstić information content (AvgIpc) is 2.91. The van der Waals surface area contributed by atoms with Gasteiger partial charge in [0.05, 0.1) is 24.5 Å². The molecule has 2 aliphatic rings. The third kappa shape index (κ3) is 3.49. The normalized spacial score (nSPS) is 31.7. The summed E-state index contributed by atoms with van der Waals surface area (Å²) in [7, 11) is 1.57. The number of carbonyl (C=O) groups is 3. The van der Waals surface area contributed by atoms with E-state index < -0.39 is 23.9 Å². The zero-order chi connectivity index (χ0) is 19.6. The van der Waals surface area contributed by atoms with Crippen molar-refractivity contribution in [1.29, 1.82) is 0 Å². The molecule has 0 radical (unpaired) electrons. The van der Waals surface area contributed by atoms with Crippen molar-refractivity contribution in [2.45, 2.75) is 52.2 Å². The van der Waals surface area contributed by atoms with Crippen LogP contribution in [0.5, 0.6) is 0 Å². The average molecular weight is 365 g/mol. The Morgan fingerprint density at radius 2 is 1.88 bits per heavy atom. The minimum absolute atomic E-state index is 0.0432. The van der Waals surface area contributed by atoms with Gasteiger partial charge < -0.3 is 20.6 Å². The number of hydrogen-bond donors (Lipinski definition) is 3. The van der Waals surface area contributed by atoms with E-state index in [0.29, 0.717) is 0 Å². The molecule has 0 aromatic carbocycles. The number of aliphatic hydroxyl groups is 1. The van der Waals surface area contributed by atoms with Crippen LogP contribution in [0.25, 0.3) is 0 Å². The van der Waals surface area contributed by atoms with Gasteiger partial charge in [-0.15, -0.1) is 0 Å². The molecule has 1 fully saturated rings. The highest BCUT2D eigenvalue weighted by Gasteiger charge is 2.57. The predicted molar refractivity (Wildman–Crippen MR) is 97.9 cm³/mol. The lowest BCUT2D eigenvalue weighted by Crippen LogP contribution is -2.52. The van der Waals surface area contributed by atoms with E-state index in [4.69, 9.17) is 0 Å². The first-order valence-corrected chi connectivity index (χ1v) is 9.41. The van der Waals surface area contributed by atoms with Gasteiger partial charge in [0, 0.05) is 19.0 Å². The maximum absolute atomic E-state index is 13.3. The van der Waals surface area contributed by atoms with Gasteiger partial charge in [-0.25, -0.2) is 0 Å². The van der Waals surface area contributed by atoms with Gasteiger partial charge in [0.25, 0.3) is 0 Å². The molecule has 1 heterocycles. The van der Waals surface area contributed by atoms with Crippen molar-refractivity contribution in [2.24, 2.45) is 23.7 Å². The molecule has 0 aromatic rings. The fraction of sp³-hybridized carbons (Fsp3) is 0.737. The quantitative estimate of drug-likeness (QED) is 0.589. The molecule has 0 unspecified atom stereocenters. The van der Waals surface area contributed by atoms with Gasteiger partial charge in [-0.05, 0) is 33.1 Å². The Kier molecular flexibility index (Phi) is 6.44. The topological polar surface area (TPSA) is 98.7 Å². The molecule has 7 nitrogen and oxygen atoms in total. The van der Waals surface area contributed by atoms with E-state index in [0.717, 1.165) is 6.42 Å². The summed E-state index contributed by atoms with van der Waals surface area (Å²) >= 11 is 0. The van der Waals surface area contributed by atoms with E-state index in [2.05, 4.69) is 10.6 Å². The van der Waals surface area contributed by atoms with Crippen molar-refractivity contribution < 1.29 is 19.5 Å². The first-order chi connectivity index (χ1) is 12.3. The van der Waals surface area contributed by atoms with Crippen molar-refractivity contribution in [3.8, 4) is 0 Å². The second-order valence-electron chi connectivity index (χ2n) is 7.59. The summed E-state index contributed by atoms with van der Waals surface area (Å²) in [4.78, 5) is 40.2. The number of likely N-dealkylation sites (tertiary alicyclic amines) is 1. The van der Waals surface area contributed by atoms with Gasteiger partial charge in [-0.3, -0.25) is 14.4 Å². The lowest BCUT2D eigenvalue weighted by molar-refractivity contribution is -0.143. The highest BCUT2D eigenvalue weighted by molar-refractivity contribution is 5.97. The van der Waals surface area contributed by atoms with Crippen LogP contribution in [-0.4, -0.2) is 59.5 Å². The maximum Gasteiger partial charge on any atom is 0.243 e. The van der Waals surface area contributed by atoms with Crippen LogP contribution in [0.3, 0.4) is 0 Å². The Morgan fingerprint density at radius 1 is 1.23 bits per heavy atom. The summed E-state index contributed by atoms with van der Waals surface area (Å²) in [5.74, 6) is -2.14. The lowest BCUT2D eigenvalue weighted by atomic mass is 9.69. The largest absolute Gasteiger partial charge is 0.394 e. The van der Waals surface area contributed by atoms with E-state index in [-0.39, 0.29) is 42.2 Å². The van der Waals surface area contributed by atoms with Crippen molar-refractivity contribution in [3.63, 3.8) is 0 Å². The van der Waals surface area contributed by atoms with E-state index in [1.165, 1.54) is 4.90 Å². The molecule has 0 bridgehead atoms. The van der Waals surface area contributed by atoms with Crippen LogP contribution in [0.2, 0.25) is 0 Å². The zero-order valence-corrected chi connectivity index (χ0v) is 16.2. The number of nitrogens with one attached hydrogen (secondary N) is 2. The molecular formula is C19H31N3O4. The molecule has 1 saturated heterocycles. The zero-order valence-electron chi connectivity index (χ0n) is 16.2. The monoisotopic (exact) mass is 365 g/mol. The molecule has 1 aliphatic heterocycles. The van der Waals surface area contributed by atoms with Crippen LogP contribution in [-0.2, 0) is 14.4 Å². The smallest absolute Gasteiger partial charge is 0.243 e. The molecule has 26 heavy (non-hydrogen) atoms. The van der Waals surface area contributed by atoms with Gasteiger partial charge in [0.15, 0.2) is 0 Å². The van der Waals surface area contributed by atoms with Crippen molar-refractivity contribution in [1.82, 2.24) is 15.5 Å². The van der Waals surface area contributed by atoms with Crippen LogP contribution >= 0.6 is 0 Å². The number of aliphatic hydroxyl groups excluding tert-OH is 1. The Morgan fingerprint density at radius 3 is 2.38 bits per heavy atom. The summed E-state index contributed by atoms with van der Waals surface area (Å²) in [5, 5.41) is 15.2. The Hall–Kier alpha value is -1.89. The van der Waals surface area contributed by atoms with Crippen LogP contribution in [0.4, 0.5) is 0 Å². The molecule has 0 aromatic heterocycles. The lowest BCUT2D eigenvalue weighted by Gasteiger charge is -2.34. The SMILES string of the molecule is CC[C@@H]1C=C[C@H]2[C@H](C(=O)N([C@H](C)CO)[C@@H]2C(=O)NC(C)C)[C@@H]1C(=O)NC. The maximum atomic E-state index is 13.3. The fourth-order valence-corrected chi connectivity index (χ4v) is 4.30. The molecule has 2 rings (SSSR count). The van der Waals surface area contributed by atoms with E-state index in [1.54, 1.807) is 14.0 Å². The number of allylic oxidation sites excluding steroid dienone is 1. The van der Waals surface area contributed by atoms with Crippen LogP contribution in [0.1, 0.15) is 34.1 Å². The van der Waals surface area contributed by atoms with Crippen molar-refractivity contribution >= 4 is 17.7 Å². The summed E-state index contributed by atoms with van der Waals surface area (Å²) < 4.78 is 0. The third-order valence-electron chi connectivity index (χ3n) is 5.51. The fourth-order valence-electron chi connectivity index (χ4n) is 4.30. The molecule has 1 aliphatic carbocycles. The van der Waals surface area contributed by atoms with Gasteiger partial charge in [-0.2, -0.15) is 0 Å². The van der Waals surface area contributed by atoms with E-state index >= 15 is 0 Å². The Labute approximate surface area is 155 Å². The van der Waals surface area contributed by atoms with Crippen LogP contribution < -0.4 is 10.6 Å². The molecule has 146 valence electrons. The minimum atomic E-state index is -0.710.